The summed E-state index contributed by atoms with van der Waals surface area (Å²) in [4.78, 5) is 3.44. The van der Waals surface area contributed by atoms with E-state index in [4.69, 9.17) is 0 Å². The lowest BCUT2D eigenvalue weighted by Crippen LogP contribution is -2.11. The Morgan fingerprint density at radius 2 is 1.69 bits per heavy atom. The first kappa shape index (κ1) is 10.7. The minimum atomic E-state index is -4.48. The van der Waals surface area contributed by atoms with E-state index in [0.717, 1.165) is 29.2 Å². The van der Waals surface area contributed by atoms with E-state index in [-0.39, 0.29) is 5.69 Å². The van der Waals surface area contributed by atoms with Crippen LogP contribution in [0.3, 0.4) is 0 Å². The Labute approximate surface area is 88.2 Å². The summed E-state index contributed by atoms with van der Waals surface area (Å²) in [6.07, 6.45) is -2.72. The summed E-state index contributed by atoms with van der Waals surface area (Å²) in [5.41, 5.74) is -0.676. The highest BCUT2D eigenvalue weighted by molar-refractivity contribution is 5.34. The molecule has 1 heterocycles. The van der Waals surface area contributed by atoms with E-state index in [1.165, 1.54) is 12.1 Å². The second-order valence-corrected chi connectivity index (χ2v) is 3.12. The van der Waals surface area contributed by atoms with Crippen LogP contribution in [-0.2, 0) is 6.18 Å². The van der Waals surface area contributed by atoms with Crippen molar-refractivity contribution in [1.29, 1.82) is 0 Å². The van der Waals surface area contributed by atoms with Crippen molar-refractivity contribution in [2.45, 2.75) is 6.18 Å². The molecule has 0 unspecified atom stereocenters. The molecule has 0 aliphatic heterocycles. The van der Waals surface area contributed by atoms with Crippen LogP contribution in [0.2, 0.25) is 0 Å². The van der Waals surface area contributed by atoms with Crippen molar-refractivity contribution in [2.24, 2.45) is 0 Å². The molecule has 6 heteroatoms. The lowest BCUT2D eigenvalue weighted by molar-refractivity contribution is -0.142. The molecule has 0 saturated carbocycles. The van der Waals surface area contributed by atoms with E-state index in [1.807, 2.05) is 0 Å². The van der Waals surface area contributed by atoms with Crippen LogP contribution in [0, 0.1) is 5.82 Å². The monoisotopic (exact) mass is 230 g/mol. The van der Waals surface area contributed by atoms with Gasteiger partial charge in [0.1, 0.15) is 11.5 Å². The van der Waals surface area contributed by atoms with Crippen molar-refractivity contribution in [3.8, 4) is 5.69 Å². The van der Waals surface area contributed by atoms with Gasteiger partial charge >= 0.3 is 6.18 Å². The first-order valence-corrected chi connectivity index (χ1v) is 4.34. The summed E-state index contributed by atoms with van der Waals surface area (Å²) in [6, 6.07) is 4.70. The molecule has 0 spiro atoms. The van der Waals surface area contributed by atoms with Gasteiger partial charge < -0.3 is 0 Å². The van der Waals surface area contributed by atoms with E-state index in [1.54, 1.807) is 0 Å². The Morgan fingerprint density at radius 1 is 1.06 bits per heavy atom. The normalized spacial score (nSPS) is 11.8. The predicted octanol–water partition coefficient (Wildman–Crippen LogP) is 3.03. The zero-order valence-corrected chi connectivity index (χ0v) is 7.87. The Morgan fingerprint density at radius 3 is 2.25 bits per heavy atom. The number of hydrogen-bond donors (Lipinski definition) is 0. The van der Waals surface area contributed by atoms with E-state index < -0.39 is 17.7 Å². The number of rotatable bonds is 1. The van der Waals surface area contributed by atoms with E-state index in [0.29, 0.717) is 0 Å². The largest absolute Gasteiger partial charge is 0.433 e. The SMILES string of the molecule is Fc1ccc(-n2cncc2C(F)(F)F)cc1. The Kier molecular flexibility index (Phi) is 2.41. The average molecular weight is 230 g/mol. The molecular formula is C10H6F4N2. The quantitative estimate of drug-likeness (QED) is 0.688. The molecule has 0 radical (unpaired) electrons. The topological polar surface area (TPSA) is 17.8 Å². The summed E-state index contributed by atoms with van der Waals surface area (Å²) in [6.45, 7) is 0. The predicted molar refractivity (Wildman–Crippen MR) is 48.5 cm³/mol. The minimum Gasteiger partial charge on any atom is -0.295 e. The van der Waals surface area contributed by atoms with Gasteiger partial charge in [-0.15, -0.1) is 0 Å². The molecule has 1 aromatic carbocycles. The summed E-state index contributed by atoms with van der Waals surface area (Å²) >= 11 is 0. The number of imidazole rings is 1. The van der Waals surface area contributed by atoms with Crippen molar-refractivity contribution < 1.29 is 17.6 Å². The highest BCUT2D eigenvalue weighted by atomic mass is 19.4. The number of alkyl halides is 3. The number of nitrogens with zero attached hydrogens (tertiary/aromatic N) is 2. The summed E-state index contributed by atoms with van der Waals surface area (Å²) in [5.74, 6) is -0.502. The Hall–Kier alpha value is -1.85. The molecule has 0 N–H and O–H groups in total. The smallest absolute Gasteiger partial charge is 0.295 e. The number of hydrogen-bond acceptors (Lipinski definition) is 1. The van der Waals surface area contributed by atoms with E-state index >= 15 is 0 Å². The van der Waals surface area contributed by atoms with Gasteiger partial charge in [-0.1, -0.05) is 0 Å². The van der Waals surface area contributed by atoms with Gasteiger partial charge in [-0.05, 0) is 24.3 Å². The molecule has 0 saturated heterocycles. The Balaban J connectivity index is 2.49. The second-order valence-electron chi connectivity index (χ2n) is 3.12. The van der Waals surface area contributed by atoms with Crippen LogP contribution in [0.1, 0.15) is 5.69 Å². The average Bonchev–Trinajstić information content (AvgIpc) is 2.66. The van der Waals surface area contributed by atoms with Crippen LogP contribution in [-0.4, -0.2) is 9.55 Å². The molecule has 2 aromatic rings. The Bertz CT molecular complexity index is 484. The van der Waals surface area contributed by atoms with Crippen molar-refractivity contribution >= 4 is 0 Å². The maximum absolute atomic E-state index is 12.6. The fourth-order valence-corrected chi connectivity index (χ4v) is 1.31. The molecule has 16 heavy (non-hydrogen) atoms. The van der Waals surface area contributed by atoms with Crippen molar-refractivity contribution in [1.82, 2.24) is 9.55 Å². The lowest BCUT2D eigenvalue weighted by Gasteiger charge is -2.10. The maximum Gasteiger partial charge on any atom is 0.433 e. The van der Waals surface area contributed by atoms with Gasteiger partial charge in [-0.25, -0.2) is 9.37 Å². The summed E-state index contributed by atoms with van der Waals surface area (Å²) < 4.78 is 51.0. The lowest BCUT2D eigenvalue weighted by atomic mass is 10.3. The van der Waals surface area contributed by atoms with Crippen LogP contribution in [0.15, 0.2) is 36.8 Å². The first-order chi connectivity index (χ1) is 7.48. The minimum absolute atomic E-state index is 0.214. The van der Waals surface area contributed by atoms with Gasteiger partial charge in [0, 0.05) is 5.69 Å². The first-order valence-electron chi connectivity index (χ1n) is 4.34. The van der Waals surface area contributed by atoms with Crippen molar-refractivity contribution in [3.05, 3.63) is 48.3 Å². The van der Waals surface area contributed by atoms with Gasteiger partial charge in [-0.2, -0.15) is 13.2 Å². The van der Waals surface area contributed by atoms with Gasteiger partial charge in [0.25, 0.3) is 0 Å². The van der Waals surface area contributed by atoms with Gasteiger partial charge in [0.05, 0.1) is 12.5 Å². The summed E-state index contributed by atoms with van der Waals surface area (Å²) in [5, 5.41) is 0. The third-order valence-corrected chi connectivity index (χ3v) is 2.03. The van der Waals surface area contributed by atoms with Crippen molar-refractivity contribution in [2.75, 3.05) is 0 Å². The van der Waals surface area contributed by atoms with Gasteiger partial charge in [0.15, 0.2) is 0 Å². The second kappa shape index (κ2) is 3.62. The van der Waals surface area contributed by atoms with Crippen LogP contribution in [0.25, 0.3) is 5.69 Å². The third kappa shape index (κ3) is 1.91. The molecular weight excluding hydrogens is 224 g/mol. The third-order valence-electron chi connectivity index (χ3n) is 2.03. The van der Waals surface area contributed by atoms with Crippen LogP contribution >= 0.6 is 0 Å². The highest BCUT2D eigenvalue weighted by Gasteiger charge is 2.34. The molecule has 0 aliphatic carbocycles. The zero-order chi connectivity index (χ0) is 11.8. The molecule has 2 nitrogen and oxygen atoms in total. The molecule has 2 rings (SSSR count). The number of benzene rings is 1. The van der Waals surface area contributed by atoms with Crippen LogP contribution in [0.5, 0.6) is 0 Å². The fraction of sp³-hybridized carbons (Fsp3) is 0.100. The maximum atomic E-state index is 12.6. The molecule has 0 bridgehead atoms. The fourth-order valence-electron chi connectivity index (χ4n) is 1.31. The summed E-state index contributed by atoms with van der Waals surface area (Å²) in [7, 11) is 0. The highest BCUT2D eigenvalue weighted by Crippen LogP contribution is 2.30. The van der Waals surface area contributed by atoms with E-state index in [9.17, 15) is 17.6 Å². The molecule has 1 aromatic heterocycles. The molecule has 0 amide bonds. The standard InChI is InChI=1S/C10H6F4N2/c11-7-1-3-8(4-2-7)16-6-15-5-9(16)10(12,13)14/h1-6H. The zero-order valence-electron chi connectivity index (χ0n) is 7.87. The molecule has 84 valence electrons. The van der Waals surface area contributed by atoms with Gasteiger partial charge in [0.2, 0.25) is 0 Å². The number of aromatic nitrogens is 2. The van der Waals surface area contributed by atoms with Crippen LogP contribution < -0.4 is 0 Å². The molecule has 0 fully saturated rings. The molecule has 0 atom stereocenters. The number of halogens is 4. The molecule has 0 aliphatic rings. The van der Waals surface area contributed by atoms with Crippen molar-refractivity contribution in [3.63, 3.8) is 0 Å². The van der Waals surface area contributed by atoms with Crippen LogP contribution in [0.4, 0.5) is 17.6 Å². The van der Waals surface area contributed by atoms with E-state index in [2.05, 4.69) is 4.98 Å². The van der Waals surface area contributed by atoms with Gasteiger partial charge in [-0.3, -0.25) is 4.57 Å².